The van der Waals surface area contributed by atoms with E-state index < -0.39 is 0 Å². The van der Waals surface area contributed by atoms with Crippen LogP contribution in [0.4, 0.5) is 0 Å². The summed E-state index contributed by atoms with van der Waals surface area (Å²) in [7, 11) is 1.63. The molecule has 1 atom stereocenters. The summed E-state index contributed by atoms with van der Waals surface area (Å²) in [6.45, 7) is 8.06. The van der Waals surface area contributed by atoms with Crippen LogP contribution in [0.2, 0.25) is 0 Å². The number of hydrogen-bond donors (Lipinski definition) is 1. The third-order valence-electron chi connectivity index (χ3n) is 4.61. The predicted octanol–water partition coefficient (Wildman–Crippen LogP) is 4.34. The first-order valence-electron chi connectivity index (χ1n) is 8.54. The summed E-state index contributed by atoms with van der Waals surface area (Å²) in [5.41, 5.74) is 3.47. The molecular formula is C21H25NO3. The number of fused-ring (bicyclic) bond motifs is 1. The molecular weight excluding hydrogens is 314 g/mol. The van der Waals surface area contributed by atoms with E-state index in [1.54, 1.807) is 7.11 Å². The molecule has 4 nitrogen and oxygen atoms in total. The van der Waals surface area contributed by atoms with Gasteiger partial charge >= 0.3 is 0 Å². The maximum Gasteiger partial charge on any atom is 0.252 e. The molecule has 0 fully saturated rings. The number of nitrogens with one attached hydrogen (secondary N) is 1. The van der Waals surface area contributed by atoms with Gasteiger partial charge in [0.1, 0.15) is 17.1 Å². The van der Waals surface area contributed by atoms with Gasteiger partial charge in [-0.2, -0.15) is 0 Å². The minimum atomic E-state index is -0.361. The van der Waals surface area contributed by atoms with Crippen molar-refractivity contribution >= 4 is 5.91 Å². The largest absolute Gasteiger partial charge is 0.497 e. The third kappa shape index (κ3) is 3.63. The monoisotopic (exact) mass is 339 g/mol. The number of methoxy groups -OCH3 is 1. The fraction of sp³-hybridized carbons (Fsp3) is 0.381. The highest BCUT2D eigenvalue weighted by Crippen LogP contribution is 2.41. The van der Waals surface area contributed by atoms with E-state index in [-0.39, 0.29) is 17.6 Å². The number of carbonyl (C=O) groups excluding carboxylic acids is 1. The lowest BCUT2D eigenvalue weighted by Gasteiger charge is -2.38. The third-order valence-corrected chi connectivity index (χ3v) is 4.61. The standard InChI is InChI=1S/C21H25NO3/c1-13-6-8-16(14(2)10-13)20(23)22-18-12-21(3,4)25-19-11-15(24-5)7-9-17(18)19/h6-11,18H,12H2,1-5H3,(H,22,23)/t18-/m1/s1. The van der Waals surface area contributed by atoms with E-state index in [4.69, 9.17) is 9.47 Å². The van der Waals surface area contributed by atoms with Gasteiger partial charge in [0, 0.05) is 23.6 Å². The Morgan fingerprint density at radius 1 is 1.20 bits per heavy atom. The van der Waals surface area contributed by atoms with Crippen LogP contribution in [0.3, 0.4) is 0 Å². The number of aryl methyl sites for hydroxylation is 2. The van der Waals surface area contributed by atoms with Crippen LogP contribution < -0.4 is 14.8 Å². The SMILES string of the molecule is COc1ccc2c(c1)OC(C)(C)C[C@H]2NC(=O)c1ccc(C)cc1C. The van der Waals surface area contributed by atoms with E-state index in [9.17, 15) is 4.79 Å². The van der Waals surface area contributed by atoms with Crippen LogP contribution in [0.1, 0.15) is 53.4 Å². The number of rotatable bonds is 3. The van der Waals surface area contributed by atoms with Crippen LogP contribution in [0, 0.1) is 13.8 Å². The van der Waals surface area contributed by atoms with Gasteiger partial charge in [0.2, 0.25) is 0 Å². The molecule has 1 aliphatic rings. The van der Waals surface area contributed by atoms with Gasteiger partial charge in [-0.1, -0.05) is 17.7 Å². The Kier molecular flexibility index (Phi) is 4.46. The highest BCUT2D eigenvalue weighted by Gasteiger charge is 2.35. The molecule has 3 rings (SSSR count). The van der Waals surface area contributed by atoms with Crippen molar-refractivity contribution in [2.75, 3.05) is 7.11 Å². The fourth-order valence-corrected chi connectivity index (χ4v) is 3.39. The molecule has 1 aliphatic heterocycles. The van der Waals surface area contributed by atoms with Crippen LogP contribution in [0.5, 0.6) is 11.5 Å². The van der Waals surface area contributed by atoms with E-state index >= 15 is 0 Å². The molecule has 0 aromatic heterocycles. The van der Waals surface area contributed by atoms with Crippen molar-refractivity contribution in [1.29, 1.82) is 0 Å². The quantitative estimate of drug-likeness (QED) is 0.904. The van der Waals surface area contributed by atoms with E-state index in [1.165, 1.54) is 0 Å². The molecule has 25 heavy (non-hydrogen) atoms. The zero-order chi connectivity index (χ0) is 18.2. The highest BCUT2D eigenvalue weighted by atomic mass is 16.5. The second-order valence-electron chi connectivity index (χ2n) is 7.31. The first-order chi connectivity index (χ1) is 11.8. The van der Waals surface area contributed by atoms with Crippen molar-refractivity contribution in [2.24, 2.45) is 0 Å². The summed E-state index contributed by atoms with van der Waals surface area (Å²) in [5, 5.41) is 3.18. The summed E-state index contributed by atoms with van der Waals surface area (Å²) in [6, 6.07) is 11.5. The van der Waals surface area contributed by atoms with Crippen LogP contribution in [-0.2, 0) is 0 Å². The van der Waals surface area contributed by atoms with Crippen molar-refractivity contribution in [3.63, 3.8) is 0 Å². The fourth-order valence-electron chi connectivity index (χ4n) is 3.39. The van der Waals surface area contributed by atoms with Gasteiger partial charge in [-0.25, -0.2) is 0 Å². The lowest BCUT2D eigenvalue weighted by Crippen LogP contribution is -2.41. The minimum Gasteiger partial charge on any atom is -0.497 e. The maximum absolute atomic E-state index is 12.8. The molecule has 0 bridgehead atoms. The van der Waals surface area contributed by atoms with Crippen molar-refractivity contribution in [1.82, 2.24) is 5.32 Å². The van der Waals surface area contributed by atoms with Gasteiger partial charge in [0.25, 0.3) is 5.91 Å². The van der Waals surface area contributed by atoms with Crippen molar-refractivity contribution in [2.45, 2.75) is 45.8 Å². The summed E-state index contributed by atoms with van der Waals surface area (Å²) >= 11 is 0. The van der Waals surface area contributed by atoms with E-state index in [1.807, 2.05) is 64.1 Å². The normalized spacial score (nSPS) is 18.0. The van der Waals surface area contributed by atoms with Crippen molar-refractivity contribution in [3.8, 4) is 11.5 Å². The highest BCUT2D eigenvalue weighted by molar-refractivity contribution is 5.96. The first kappa shape index (κ1) is 17.3. The number of amides is 1. The molecule has 1 heterocycles. The Morgan fingerprint density at radius 3 is 2.64 bits per heavy atom. The Bertz CT molecular complexity index is 811. The van der Waals surface area contributed by atoms with Gasteiger partial charge in [-0.15, -0.1) is 0 Å². The molecule has 2 aromatic rings. The first-order valence-corrected chi connectivity index (χ1v) is 8.54. The van der Waals surface area contributed by atoms with Gasteiger partial charge in [0.05, 0.1) is 13.2 Å². The topological polar surface area (TPSA) is 47.6 Å². The van der Waals surface area contributed by atoms with Gasteiger partial charge in [0.15, 0.2) is 0 Å². The average molecular weight is 339 g/mol. The van der Waals surface area contributed by atoms with Gasteiger partial charge < -0.3 is 14.8 Å². The predicted molar refractivity (Wildman–Crippen MR) is 98.4 cm³/mol. The molecule has 1 amide bonds. The summed E-state index contributed by atoms with van der Waals surface area (Å²) in [4.78, 5) is 12.8. The van der Waals surface area contributed by atoms with E-state index in [0.717, 1.165) is 28.2 Å². The lowest BCUT2D eigenvalue weighted by atomic mass is 9.89. The van der Waals surface area contributed by atoms with Crippen LogP contribution in [-0.4, -0.2) is 18.6 Å². The molecule has 1 N–H and O–H groups in total. The average Bonchev–Trinajstić information content (AvgIpc) is 2.52. The van der Waals surface area contributed by atoms with Gasteiger partial charge in [-0.05, 0) is 51.5 Å². The van der Waals surface area contributed by atoms with Crippen LogP contribution in [0.15, 0.2) is 36.4 Å². The number of hydrogen-bond acceptors (Lipinski definition) is 3. The van der Waals surface area contributed by atoms with Crippen molar-refractivity contribution < 1.29 is 14.3 Å². The van der Waals surface area contributed by atoms with Gasteiger partial charge in [-0.3, -0.25) is 4.79 Å². The Morgan fingerprint density at radius 2 is 1.96 bits per heavy atom. The summed E-state index contributed by atoms with van der Waals surface area (Å²) in [5.74, 6) is 1.46. The number of benzene rings is 2. The maximum atomic E-state index is 12.8. The molecule has 0 saturated carbocycles. The zero-order valence-electron chi connectivity index (χ0n) is 15.5. The summed E-state index contributed by atoms with van der Waals surface area (Å²) < 4.78 is 11.4. The second kappa shape index (κ2) is 6.43. The van der Waals surface area contributed by atoms with Crippen LogP contribution in [0.25, 0.3) is 0 Å². The minimum absolute atomic E-state index is 0.0537. The van der Waals surface area contributed by atoms with E-state index in [2.05, 4.69) is 5.32 Å². The molecule has 2 aromatic carbocycles. The Hall–Kier alpha value is -2.49. The molecule has 0 radical (unpaired) electrons. The molecule has 0 saturated heterocycles. The lowest BCUT2D eigenvalue weighted by molar-refractivity contribution is 0.0617. The molecule has 132 valence electrons. The molecule has 0 spiro atoms. The van der Waals surface area contributed by atoms with E-state index in [0.29, 0.717) is 12.0 Å². The van der Waals surface area contributed by atoms with Crippen molar-refractivity contribution in [3.05, 3.63) is 58.7 Å². The number of ether oxygens (including phenoxy) is 2. The Balaban J connectivity index is 1.90. The molecule has 0 unspecified atom stereocenters. The molecule has 0 aliphatic carbocycles. The summed E-state index contributed by atoms with van der Waals surface area (Å²) in [6.07, 6.45) is 0.711. The second-order valence-corrected chi connectivity index (χ2v) is 7.31. The smallest absolute Gasteiger partial charge is 0.252 e. The molecule has 4 heteroatoms. The van der Waals surface area contributed by atoms with Crippen LogP contribution >= 0.6 is 0 Å². The number of carbonyl (C=O) groups is 1. The Labute approximate surface area is 149 Å². The zero-order valence-corrected chi connectivity index (χ0v) is 15.5.